The van der Waals surface area contributed by atoms with Crippen LogP contribution in [-0.2, 0) is 0 Å². The molecule has 1 heterocycles. The molecule has 0 aliphatic carbocycles. The molecule has 15 heavy (non-hydrogen) atoms. The fourth-order valence-electron chi connectivity index (χ4n) is 0.984. The number of hydrogen-bond donors (Lipinski definition) is 2. The average molecular weight is 212 g/mol. The lowest BCUT2D eigenvalue weighted by atomic mass is 10.0. The van der Waals surface area contributed by atoms with Gasteiger partial charge in [0.1, 0.15) is 0 Å². The summed E-state index contributed by atoms with van der Waals surface area (Å²) in [5, 5.41) is 5.81. The van der Waals surface area contributed by atoms with Gasteiger partial charge < -0.3 is 10.6 Å². The van der Waals surface area contributed by atoms with Crippen molar-refractivity contribution < 1.29 is 4.39 Å². The van der Waals surface area contributed by atoms with Gasteiger partial charge in [0, 0.05) is 12.6 Å². The highest BCUT2D eigenvalue weighted by Crippen LogP contribution is 2.19. The predicted molar refractivity (Wildman–Crippen MR) is 59.5 cm³/mol. The molecule has 0 unspecified atom stereocenters. The van der Waals surface area contributed by atoms with Crippen LogP contribution in [0.1, 0.15) is 27.2 Å². The van der Waals surface area contributed by atoms with Crippen molar-refractivity contribution in [3.8, 4) is 0 Å². The van der Waals surface area contributed by atoms with E-state index in [0.29, 0.717) is 5.95 Å². The molecule has 5 heteroatoms. The highest BCUT2D eigenvalue weighted by Gasteiger charge is 2.17. The molecule has 0 aromatic carbocycles. The van der Waals surface area contributed by atoms with Crippen LogP contribution in [-0.4, -0.2) is 22.6 Å². The van der Waals surface area contributed by atoms with Crippen LogP contribution < -0.4 is 10.6 Å². The van der Waals surface area contributed by atoms with Gasteiger partial charge in [-0.3, -0.25) is 0 Å². The first-order valence-electron chi connectivity index (χ1n) is 4.97. The zero-order valence-electron chi connectivity index (χ0n) is 9.56. The van der Waals surface area contributed by atoms with Crippen LogP contribution >= 0.6 is 0 Å². The monoisotopic (exact) mass is 212 g/mol. The number of halogens is 1. The Bertz CT molecular complexity index is 338. The minimum atomic E-state index is -0.435. The van der Waals surface area contributed by atoms with Gasteiger partial charge in [0.05, 0.1) is 6.20 Å². The highest BCUT2D eigenvalue weighted by atomic mass is 19.1. The lowest BCUT2D eigenvalue weighted by molar-refractivity contribution is 0.532. The first-order chi connectivity index (χ1) is 6.98. The van der Waals surface area contributed by atoms with Gasteiger partial charge in [0.25, 0.3) is 0 Å². The van der Waals surface area contributed by atoms with Gasteiger partial charge in [0.2, 0.25) is 5.95 Å². The van der Waals surface area contributed by atoms with E-state index < -0.39 is 5.82 Å². The Morgan fingerprint density at radius 2 is 2.13 bits per heavy atom. The van der Waals surface area contributed by atoms with Gasteiger partial charge in [-0.25, -0.2) is 9.37 Å². The van der Waals surface area contributed by atoms with E-state index in [4.69, 9.17) is 0 Å². The first kappa shape index (κ1) is 11.7. The van der Waals surface area contributed by atoms with Crippen molar-refractivity contribution in [1.29, 1.82) is 0 Å². The molecule has 4 nitrogen and oxygen atoms in total. The van der Waals surface area contributed by atoms with Crippen molar-refractivity contribution in [3.63, 3.8) is 0 Å². The number of nitrogens with one attached hydrogen (secondary N) is 2. The van der Waals surface area contributed by atoms with Crippen LogP contribution in [0.25, 0.3) is 0 Å². The van der Waals surface area contributed by atoms with Crippen molar-refractivity contribution in [3.05, 3.63) is 12.0 Å². The molecule has 0 saturated carbocycles. The minimum Gasteiger partial charge on any atom is -0.363 e. The maximum atomic E-state index is 13.4. The molecule has 0 amide bonds. The van der Waals surface area contributed by atoms with E-state index in [2.05, 4.69) is 20.6 Å². The molecule has 0 spiro atoms. The molecule has 2 N–H and O–H groups in total. The van der Waals surface area contributed by atoms with Gasteiger partial charge in [-0.15, -0.1) is 0 Å². The molecule has 1 aromatic heterocycles. The fraction of sp³-hybridized carbons (Fsp3) is 0.600. The molecule has 1 aromatic rings. The Hall–Kier alpha value is -1.39. The lowest BCUT2D eigenvalue weighted by Crippen LogP contribution is -2.30. The molecule has 84 valence electrons. The highest BCUT2D eigenvalue weighted by molar-refractivity contribution is 5.42. The smallest absolute Gasteiger partial charge is 0.224 e. The van der Waals surface area contributed by atoms with Crippen LogP contribution in [0.5, 0.6) is 0 Å². The predicted octanol–water partition coefficient (Wildman–Crippen LogP) is 2.26. The summed E-state index contributed by atoms with van der Waals surface area (Å²) < 4.78 is 13.4. The summed E-state index contributed by atoms with van der Waals surface area (Å²) in [6, 6.07) is 0. The van der Waals surface area contributed by atoms with E-state index >= 15 is 0 Å². The van der Waals surface area contributed by atoms with Crippen LogP contribution in [0.3, 0.4) is 0 Å². The minimum absolute atomic E-state index is 0.180. The third-order valence-corrected chi connectivity index (χ3v) is 2.31. The number of rotatable bonds is 4. The van der Waals surface area contributed by atoms with Crippen LogP contribution in [0, 0.1) is 5.82 Å². The molecule has 0 bridgehead atoms. The molecule has 0 radical (unpaired) electrons. The second-order valence-electron chi connectivity index (χ2n) is 4.00. The molecule has 0 atom stereocenters. The third-order valence-electron chi connectivity index (χ3n) is 2.31. The molecule has 0 aliphatic rings. The molecule has 0 saturated heterocycles. The SMILES string of the molecule is CCC(C)(C)Nc1nc(NC)ncc1F. The Balaban J connectivity index is 2.93. The van der Waals surface area contributed by atoms with Gasteiger partial charge in [-0.05, 0) is 20.3 Å². The first-order valence-corrected chi connectivity index (χ1v) is 4.97. The van der Waals surface area contributed by atoms with Crippen LogP contribution in [0.2, 0.25) is 0 Å². The molecular weight excluding hydrogens is 195 g/mol. The van der Waals surface area contributed by atoms with Gasteiger partial charge >= 0.3 is 0 Å². The van der Waals surface area contributed by atoms with Crippen LogP contribution in [0.15, 0.2) is 6.20 Å². The molecular formula is C10H17FN4. The summed E-state index contributed by atoms with van der Waals surface area (Å²) in [6.07, 6.45) is 2.04. The molecule has 0 aliphatic heterocycles. The third kappa shape index (κ3) is 3.04. The van der Waals surface area contributed by atoms with Gasteiger partial charge in [-0.1, -0.05) is 6.92 Å². The number of anilines is 2. The van der Waals surface area contributed by atoms with Crippen molar-refractivity contribution >= 4 is 11.8 Å². The number of hydrogen-bond acceptors (Lipinski definition) is 4. The topological polar surface area (TPSA) is 49.8 Å². The Morgan fingerprint density at radius 3 is 2.67 bits per heavy atom. The summed E-state index contributed by atoms with van der Waals surface area (Å²) in [6.45, 7) is 6.02. The van der Waals surface area contributed by atoms with E-state index in [0.717, 1.165) is 12.6 Å². The van der Waals surface area contributed by atoms with E-state index in [1.54, 1.807) is 7.05 Å². The maximum absolute atomic E-state index is 13.4. The maximum Gasteiger partial charge on any atom is 0.224 e. The second kappa shape index (κ2) is 4.42. The number of aromatic nitrogens is 2. The summed E-state index contributed by atoms with van der Waals surface area (Å²) in [4.78, 5) is 7.79. The second-order valence-corrected chi connectivity index (χ2v) is 4.00. The average Bonchev–Trinajstić information content (AvgIpc) is 2.21. The zero-order chi connectivity index (χ0) is 11.5. The van der Waals surface area contributed by atoms with Crippen molar-refractivity contribution in [2.45, 2.75) is 32.7 Å². The standard InChI is InChI=1S/C10H17FN4/c1-5-10(2,3)15-8-7(11)6-13-9(12-4)14-8/h6H,5H2,1-4H3,(H2,12,13,14,15). The summed E-state index contributed by atoms with van der Waals surface area (Å²) in [5.41, 5.74) is -0.180. The Kier molecular flexibility index (Phi) is 3.44. The largest absolute Gasteiger partial charge is 0.363 e. The van der Waals surface area contributed by atoms with E-state index in [1.807, 2.05) is 20.8 Å². The normalized spacial score (nSPS) is 11.3. The van der Waals surface area contributed by atoms with Crippen molar-refractivity contribution in [1.82, 2.24) is 9.97 Å². The summed E-state index contributed by atoms with van der Waals surface area (Å²) in [5.74, 6) is 0.211. The lowest BCUT2D eigenvalue weighted by Gasteiger charge is -2.25. The summed E-state index contributed by atoms with van der Waals surface area (Å²) in [7, 11) is 1.70. The van der Waals surface area contributed by atoms with E-state index in [9.17, 15) is 4.39 Å². The Labute approximate surface area is 89.3 Å². The molecule has 1 rings (SSSR count). The zero-order valence-corrected chi connectivity index (χ0v) is 9.56. The quantitative estimate of drug-likeness (QED) is 0.803. The van der Waals surface area contributed by atoms with Crippen molar-refractivity contribution in [2.24, 2.45) is 0 Å². The van der Waals surface area contributed by atoms with E-state index in [1.165, 1.54) is 0 Å². The van der Waals surface area contributed by atoms with Crippen LogP contribution in [0.4, 0.5) is 16.2 Å². The molecule has 0 fully saturated rings. The van der Waals surface area contributed by atoms with Gasteiger partial charge in [0.15, 0.2) is 11.6 Å². The fourth-order valence-corrected chi connectivity index (χ4v) is 0.984. The van der Waals surface area contributed by atoms with Crippen molar-refractivity contribution in [2.75, 3.05) is 17.7 Å². The van der Waals surface area contributed by atoms with E-state index in [-0.39, 0.29) is 11.4 Å². The summed E-state index contributed by atoms with van der Waals surface area (Å²) >= 11 is 0. The van der Waals surface area contributed by atoms with Gasteiger partial charge in [-0.2, -0.15) is 4.98 Å². The number of nitrogens with zero attached hydrogens (tertiary/aromatic N) is 2. The Morgan fingerprint density at radius 1 is 1.47 bits per heavy atom.